The molecule has 6 nitrogen and oxygen atoms in total. The summed E-state index contributed by atoms with van der Waals surface area (Å²) in [6, 6.07) is 4.75. The van der Waals surface area contributed by atoms with Crippen LogP contribution < -0.4 is 11.1 Å². The van der Waals surface area contributed by atoms with Gasteiger partial charge in [0.15, 0.2) is 11.5 Å². The van der Waals surface area contributed by atoms with Gasteiger partial charge in [0.1, 0.15) is 0 Å². The van der Waals surface area contributed by atoms with E-state index in [-0.39, 0.29) is 28.8 Å². The van der Waals surface area contributed by atoms with Crippen molar-refractivity contribution in [3.63, 3.8) is 0 Å². The highest BCUT2D eigenvalue weighted by Gasteiger charge is 2.45. The van der Waals surface area contributed by atoms with Crippen molar-refractivity contribution in [2.45, 2.75) is 45.3 Å². The number of Topliss-reactive ketones (excluding diaryl/α,β-unsaturated/α-hetero) is 1. The number of amides is 1. The van der Waals surface area contributed by atoms with Gasteiger partial charge in [-0.05, 0) is 54.9 Å². The molecule has 172 valence electrons. The molecule has 1 aromatic heterocycles. The standard InChI is InChI=1S/C22H25F3N4O2S/c1-11-9-17-18(19(30)12(11)2)20(22(23,24)25)28-29(17)14-3-4-15(21(26)31)16(10-14)27-13-5-7-32-8-6-13/h3-4,10-13,27H,5-9H2,1-2H3,(H2,26,31)/t11-,12?/m0/s1. The minimum atomic E-state index is -4.75. The van der Waals surface area contributed by atoms with E-state index in [2.05, 4.69) is 10.4 Å². The fourth-order valence-electron chi connectivity index (χ4n) is 4.34. The van der Waals surface area contributed by atoms with Crippen LogP contribution in [0.3, 0.4) is 0 Å². The van der Waals surface area contributed by atoms with E-state index in [1.165, 1.54) is 16.8 Å². The number of fused-ring (bicyclic) bond motifs is 1. The number of hydrogen-bond acceptors (Lipinski definition) is 5. The van der Waals surface area contributed by atoms with Gasteiger partial charge >= 0.3 is 6.18 Å². The number of thioether (sulfide) groups is 1. The second-order valence-corrected chi connectivity index (χ2v) is 9.76. The predicted octanol–water partition coefficient (Wildman–Crippen LogP) is 4.31. The average molecular weight is 467 g/mol. The molecule has 2 aromatic rings. The van der Waals surface area contributed by atoms with Gasteiger partial charge in [0.25, 0.3) is 5.91 Å². The fraction of sp³-hybridized carbons (Fsp3) is 0.500. The van der Waals surface area contributed by atoms with Gasteiger partial charge in [0.05, 0.1) is 22.5 Å². The van der Waals surface area contributed by atoms with Gasteiger partial charge in [-0.25, -0.2) is 4.68 Å². The first-order valence-corrected chi connectivity index (χ1v) is 11.7. The Balaban J connectivity index is 1.83. The van der Waals surface area contributed by atoms with Gasteiger partial charge in [0, 0.05) is 17.6 Å². The third kappa shape index (κ3) is 4.12. The lowest BCUT2D eigenvalue weighted by Gasteiger charge is -2.26. The molecular weight excluding hydrogens is 441 g/mol. The Morgan fingerprint density at radius 3 is 2.56 bits per heavy atom. The molecule has 2 atom stereocenters. The maximum atomic E-state index is 13.8. The van der Waals surface area contributed by atoms with Gasteiger partial charge in [-0.2, -0.15) is 30.0 Å². The Morgan fingerprint density at radius 2 is 1.94 bits per heavy atom. The Bertz CT molecular complexity index is 1060. The van der Waals surface area contributed by atoms with E-state index in [9.17, 15) is 22.8 Å². The number of alkyl halides is 3. The summed E-state index contributed by atoms with van der Waals surface area (Å²) in [5.74, 6) is 0.185. The molecule has 0 spiro atoms. The lowest BCUT2D eigenvalue weighted by Crippen LogP contribution is -2.29. The molecule has 1 aromatic carbocycles. The van der Waals surface area contributed by atoms with Gasteiger partial charge < -0.3 is 11.1 Å². The largest absolute Gasteiger partial charge is 0.435 e. The maximum absolute atomic E-state index is 13.8. The lowest BCUT2D eigenvalue weighted by molar-refractivity contribution is -0.141. The number of carbonyl (C=O) groups is 2. The highest BCUT2D eigenvalue weighted by Crippen LogP contribution is 2.40. The number of carbonyl (C=O) groups excluding carboxylic acids is 2. The lowest BCUT2D eigenvalue weighted by atomic mass is 9.78. The van der Waals surface area contributed by atoms with Gasteiger partial charge in [0.2, 0.25) is 0 Å². The molecule has 10 heteroatoms. The highest BCUT2D eigenvalue weighted by molar-refractivity contribution is 7.99. The van der Waals surface area contributed by atoms with Crippen LogP contribution in [0.5, 0.6) is 0 Å². The summed E-state index contributed by atoms with van der Waals surface area (Å²) in [5.41, 5.74) is 5.36. The van der Waals surface area contributed by atoms with Crippen LogP contribution in [0, 0.1) is 11.8 Å². The molecule has 1 aliphatic carbocycles. The minimum absolute atomic E-state index is 0.117. The maximum Gasteiger partial charge on any atom is 0.435 e. The van der Waals surface area contributed by atoms with Crippen molar-refractivity contribution in [3.8, 4) is 5.69 Å². The number of rotatable bonds is 4. The van der Waals surface area contributed by atoms with E-state index in [4.69, 9.17) is 5.73 Å². The first-order valence-electron chi connectivity index (χ1n) is 10.6. The van der Waals surface area contributed by atoms with Crippen LogP contribution in [0.25, 0.3) is 5.69 Å². The number of ketones is 1. The molecule has 2 heterocycles. The zero-order chi connectivity index (χ0) is 23.2. The normalized spacial score (nSPS) is 22.0. The SMILES string of the molecule is CC1C(=O)c2c(C(F)(F)F)nn(-c3ccc(C(N)=O)c(NC4CCSCC4)c3)c2C[C@@H]1C. The van der Waals surface area contributed by atoms with E-state index < -0.39 is 29.5 Å². The van der Waals surface area contributed by atoms with Crippen molar-refractivity contribution < 1.29 is 22.8 Å². The second-order valence-electron chi connectivity index (χ2n) is 8.54. The van der Waals surface area contributed by atoms with Crippen LogP contribution in [0.2, 0.25) is 0 Å². The number of aromatic nitrogens is 2. The first-order chi connectivity index (χ1) is 15.1. The second kappa shape index (κ2) is 8.46. The molecule has 0 saturated carbocycles. The van der Waals surface area contributed by atoms with E-state index in [1.54, 1.807) is 13.0 Å². The Morgan fingerprint density at radius 1 is 1.25 bits per heavy atom. The van der Waals surface area contributed by atoms with Crippen LogP contribution in [-0.4, -0.2) is 39.0 Å². The monoisotopic (exact) mass is 466 g/mol. The zero-order valence-electron chi connectivity index (χ0n) is 17.8. The molecule has 1 fully saturated rings. The number of benzene rings is 1. The van der Waals surface area contributed by atoms with Crippen LogP contribution in [0.1, 0.15) is 58.8 Å². The molecule has 1 aliphatic heterocycles. The molecule has 1 unspecified atom stereocenters. The summed E-state index contributed by atoms with van der Waals surface area (Å²) in [5, 5.41) is 7.18. The summed E-state index contributed by atoms with van der Waals surface area (Å²) in [6.07, 6.45) is -2.64. The Labute approximate surface area is 188 Å². The summed E-state index contributed by atoms with van der Waals surface area (Å²) >= 11 is 1.86. The minimum Gasteiger partial charge on any atom is -0.382 e. The van der Waals surface area contributed by atoms with E-state index >= 15 is 0 Å². The number of anilines is 1. The first kappa shape index (κ1) is 22.7. The van der Waals surface area contributed by atoms with Crippen molar-refractivity contribution in [1.29, 1.82) is 0 Å². The summed E-state index contributed by atoms with van der Waals surface area (Å²) in [6.45, 7) is 3.50. The average Bonchev–Trinajstić information content (AvgIpc) is 3.12. The molecule has 0 radical (unpaired) electrons. The molecule has 1 saturated heterocycles. The molecule has 2 aliphatic rings. The van der Waals surface area contributed by atoms with E-state index in [0.29, 0.717) is 17.8 Å². The fourth-order valence-corrected chi connectivity index (χ4v) is 5.45. The van der Waals surface area contributed by atoms with Crippen LogP contribution in [-0.2, 0) is 12.6 Å². The van der Waals surface area contributed by atoms with Crippen LogP contribution >= 0.6 is 11.8 Å². The van der Waals surface area contributed by atoms with Crippen molar-refractivity contribution in [2.75, 3.05) is 16.8 Å². The molecule has 32 heavy (non-hydrogen) atoms. The third-order valence-electron chi connectivity index (χ3n) is 6.37. The smallest absolute Gasteiger partial charge is 0.382 e. The highest BCUT2D eigenvalue weighted by atomic mass is 32.2. The Hall–Kier alpha value is -2.49. The van der Waals surface area contributed by atoms with Crippen molar-refractivity contribution >= 4 is 29.1 Å². The molecule has 4 rings (SSSR count). The summed E-state index contributed by atoms with van der Waals surface area (Å²) < 4.78 is 42.5. The Kier molecular flexibility index (Phi) is 6.00. The summed E-state index contributed by atoms with van der Waals surface area (Å²) in [7, 11) is 0. The number of halogens is 3. The van der Waals surface area contributed by atoms with E-state index in [1.807, 2.05) is 18.7 Å². The zero-order valence-corrected chi connectivity index (χ0v) is 18.6. The van der Waals surface area contributed by atoms with Crippen molar-refractivity contribution in [3.05, 3.63) is 40.7 Å². The van der Waals surface area contributed by atoms with Crippen LogP contribution in [0.4, 0.5) is 18.9 Å². The van der Waals surface area contributed by atoms with Crippen LogP contribution in [0.15, 0.2) is 18.2 Å². The quantitative estimate of drug-likeness (QED) is 0.701. The number of primary amides is 1. The van der Waals surface area contributed by atoms with Crippen molar-refractivity contribution in [1.82, 2.24) is 9.78 Å². The molecule has 3 N–H and O–H groups in total. The van der Waals surface area contributed by atoms with Gasteiger partial charge in [-0.15, -0.1) is 0 Å². The summed E-state index contributed by atoms with van der Waals surface area (Å²) in [4.78, 5) is 24.7. The van der Waals surface area contributed by atoms with Gasteiger partial charge in [-0.1, -0.05) is 13.8 Å². The van der Waals surface area contributed by atoms with E-state index in [0.717, 1.165) is 24.3 Å². The number of nitrogens with zero attached hydrogens (tertiary/aromatic N) is 2. The van der Waals surface area contributed by atoms with Gasteiger partial charge in [-0.3, -0.25) is 9.59 Å². The topological polar surface area (TPSA) is 90.0 Å². The molecular formula is C22H25F3N4O2S. The third-order valence-corrected chi connectivity index (χ3v) is 7.42. The number of hydrogen-bond donors (Lipinski definition) is 2. The number of nitrogens with one attached hydrogen (secondary N) is 1. The van der Waals surface area contributed by atoms with Crippen molar-refractivity contribution in [2.24, 2.45) is 17.6 Å². The molecule has 1 amide bonds. The molecule has 0 bridgehead atoms. The number of nitrogens with two attached hydrogens (primary N) is 1. The predicted molar refractivity (Wildman–Crippen MR) is 117 cm³/mol.